The van der Waals surface area contributed by atoms with Crippen molar-refractivity contribution in [1.29, 1.82) is 0 Å². The Morgan fingerprint density at radius 1 is 1.44 bits per heavy atom. The van der Waals surface area contributed by atoms with Gasteiger partial charge in [-0.3, -0.25) is 15.1 Å². The lowest BCUT2D eigenvalue weighted by molar-refractivity contribution is -0.630. The SMILES string of the molecule is CC(O)(c1ccc(C(F)(F)F)nc1)[N+](=O)[O-]. The van der Waals surface area contributed by atoms with Gasteiger partial charge in [-0.25, -0.2) is 0 Å². The number of alkyl halides is 3. The lowest BCUT2D eigenvalue weighted by Crippen LogP contribution is -2.31. The van der Waals surface area contributed by atoms with Gasteiger partial charge >= 0.3 is 11.9 Å². The molecule has 1 aromatic heterocycles. The smallest absolute Gasteiger partial charge is 0.327 e. The van der Waals surface area contributed by atoms with Gasteiger partial charge in [0.15, 0.2) is 0 Å². The van der Waals surface area contributed by atoms with Gasteiger partial charge < -0.3 is 5.11 Å². The largest absolute Gasteiger partial charge is 0.433 e. The zero-order valence-corrected chi connectivity index (χ0v) is 8.02. The van der Waals surface area contributed by atoms with Crippen molar-refractivity contribution < 1.29 is 23.2 Å². The van der Waals surface area contributed by atoms with Crippen LogP contribution in [-0.2, 0) is 11.9 Å². The van der Waals surface area contributed by atoms with E-state index in [0.717, 1.165) is 13.0 Å². The molecule has 0 amide bonds. The van der Waals surface area contributed by atoms with Crippen molar-refractivity contribution in [3.8, 4) is 0 Å². The normalized spacial score (nSPS) is 15.6. The third-order valence-corrected chi connectivity index (χ3v) is 1.96. The number of aromatic nitrogens is 1. The predicted octanol–water partition coefficient (Wildman–Crippen LogP) is 1.54. The summed E-state index contributed by atoms with van der Waals surface area (Å²) >= 11 is 0. The lowest BCUT2D eigenvalue weighted by atomic mass is 10.1. The fraction of sp³-hybridized carbons (Fsp3) is 0.375. The quantitative estimate of drug-likeness (QED) is 0.480. The van der Waals surface area contributed by atoms with Crippen molar-refractivity contribution in [3.63, 3.8) is 0 Å². The molecule has 0 aromatic carbocycles. The summed E-state index contributed by atoms with van der Waals surface area (Å²) in [4.78, 5) is 12.4. The van der Waals surface area contributed by atoms with Crippen LogP contribution in [0.15, 0.2) is 18.3 Å². The van der Waals surface area contributed by atoms with Crippen LogP contribution in [0.25, 0.3) is 0 Å². The van der Waals surface area contributed by atoms with Gasteiger partial charge in [0.05, 0.1) is 10.5 Å². The highest BCUT2D eigenvalue weighted by molar-refractivity contribution is 5.19. The maximum atomic E-state index is 12.1. The summed E-state index contributed by atoms with van der Waals surface area (Å²) < 4.78 is 36.3. The minimum atomic E-state index is -4.61. The topological polar surface area (TPSA) is 76.3 Å². The van der Waals surface area contributed by atoms with E-state index in [9.17, 15) is 28.4 Å². The Morgan fingerprint density at radius 3 is 2.31 bits per heavy atom. The van der Waals surface area contributed by atoms with Crippen LogP contribution in [0.1, 0.15) is 18.2 Å². The van der Waals surface area contributed by atoms with Crippen LogP contribution in [0.3, 0.4) is 0 Å². The first-order valence-electron chi connectivity index (χ1n) is 4.06. The van der Waals surface area contributed by atoms with E-state index in [0.29, 0.717) is 12.3 Å². The standard InChI is InChI=1S/C8H7F3N2O3/c1-7(14,13(15)16)5-2-3-6(12-4-5)8(9,10)11/h2-4,14H,1H3. The van der Waals surface area contributed by atoms with Gasteiger partial charge in [0.2, 0.25) is 0 Å². The molecule has 1 aromatic rings. The summed E-state index contributed by atoms with van der Waals surface area (Å²) in [5.74, 6) is 0. The lowest BCUT2D eigenvalue weighted by Gasteiger charge is -2.14. The molecule has 1 atom stereocenters. The van der Waals surface area contributed by atoms with Crippen LogP contribution in [-0.4, -0.2) is 15.0 Å². The molecular formula is C8H7F3N2O3. The van der Waals surface area contributed by atoms with Crippen molar-refractivity contribution in [1.82, 2.24) is 4.98 Å². The second-order valence-electron chi connectivity index (χ2n) is 3.21. The first kappa shape index (κ1) is 12.4. The Kier molecular flexibility index (Phi) is 2.87. The summed E-state index contributed by atoms with van der Waals surface area (Å²) in [5.41, 5.74) is -3.93. The zero-order valence-electron chi connectivity index (χ0n) is 8.02. The highest BCUT2D eigenvalue weighted by Gasteiger charge is 2.38. The fourth-order valence-electron chi connectivity index (χ4n) is 0.947. The molecule has 0 spiro atoms. The van der Waals surface area contributed by atoms with Gasteiger partial charge in [-0.2, -0.15) is 13.2 Å². The minimum Gasteiger partial charge on any atom is -0.327 e. The summed E-state index contributed by atoms with van der Waals surface area (Å²) in [6.45, 7) is 0.858. The van der Waals surface area contributed by atoms with E-state index >= 15 is 0 Å². The molecular weight excluding hydrogens is 229 g/mol. The van der Waals surface area contributed by atoms with Crippen LogP contribution in [0.2, 0.25) is 0 Å². The number of aliphatic hydroxyl groups is 1. The Labute approximate surface area is 87.7 Å². The van der Waals surface area contributed by atoms with Gasteiger partial charge in [-0.15, -0.1) is 0 Å². The second kappa shape index (κ2) is 3.71. The average Bonchev–Trinajstić information content (AvgIpc) is 2.16. The fourth-order valence-corrected chi connectivity index (χ4v) is 0.947. The van der Waals surface area contributed by atoms with E-state index in [-0.39, 0.29) is 5.56 Å². The van der Waals surface area contributed by atoms with Crippen LogP contribution >= 0.6 is 0 Å². The molecule has 1 rings (SSSR count). The second-order valence-corrected chi connectivity index (χ2v) is 3.21. The number of nitrogens with zero attached hydrogens (tertiary/aromatic N) is 2. The van der Waals surface area contributed by atoms with Gasteiger partial charge in [0.1, 0.15) is 5.69 Å². The molecule has 0 radical (unpaired) electrons. The van der Waals surface area contributed by atoms with Gasteiger partial charge in [-0.05, 0) is 12.1 Å². The maximum absolute atomic E-state index is 12.1. The first-order chi connectivity index (χ1) is 7.15. The van der Waals surface area contributed by atoms with Crippen molar-refractivity contribution in [2.75, 3.05) is 0 Å². The Bertz CT molecular complexity index is 400. The molecule has 5 nitrogen and oxygen atoms in total. The van der Waals surface area contributed by atoms with Crippen molar-refractivity contribution in [3.05, 3.63) is 39.7 Å². The maximum Gasteiger partial charge on any atom is 0.433 e. The average molecular weight is 236 g/mol. The molecule has 0 aliphatic heterocycles. The number of hydrogen-bond donors (Lipinski definition) is 1. The van der Waals surface area contributed by atoms with Crippen molar-refractivity contribution >= 4 is 0 Å². The molecule has 0 saturated carbocycles. The van der Waals surface area contributed by atoms with Crippen molar-refractivity contribution in [2.24, 2.45) is 0 Å². The number of pyridine rings is 1. The first-order valence-corrected chi connectivity index (χ1v) is 4.06. The molecule has 1 N–H and O–H groups in total. The summed E-state index contributed by atoms with van der Waals surface area (Å²) in [7, 11) is 0. The molecule has 0 saturated heterocycles. The zero-order chi connectivity index (χ0) is 12.6. The van der Waals surface area contributed by atoms with Crippen molar-refractivity contribution in [2.45, 2.75) is 18.8 Å². The van der Waals surface area contributed by atoms with Crippen LogP contribution in [0.5, 0.6) is 0 Å². The number of nitro groups is 1. The molecule has 0 aliphatic rings. The van der Waals surface area contributed by atoms with Gasteiger partial charge in [-0.1, -0.05) is 0 Å². The summed E-state index contributed by atoms with van der Waals surface area (Å²) in [5, 5.41) is 19.7. The van der Waals surface area contributed by atoms with Crippen LogP contribution in [0.4, 0.5) is 13.2 Å². The van der Waals surface area contributed by atoms with Gasteiger partial charge in [0.25, 0.3) is 0 Å². The molecule has 0 aliphatic carbocycles. The van der Waals surface area contributed by atoms with E-state index < -0.39 is 22.5 Å². The molecule has 16 heavy (non-hydrogen) atoms. The van der Waals surface area contributed by atoms with E-state index in [1.165, 1.54) is 0 Å². The minimum absolute atomic E-state index is 0.314. The molecule has 0 fully saturated rings. The third kappa shape index (κ3) is 2.27. The molecule has 0 bridgehead atoms. The van der Waals surface area contributed by atoms with E-state index in [1.807, 2.05) is 0 Å². The number of rotatable bonds is 2. The summed E-state index contributed by atoms with van der Waals surface area (Å²) in [6.07, 6.45) is -3.98. The van der Waals surface area contributed by atoms with E-state index in [1.54, 1.807) is 0 Å². The highest BCUT2D eigenvalue weighted by atomic mass is 19.4. The van der Waals surface area contributed by atoms with E-state index in [4.69, 9.17) is 0 Å². The molecule has 8 heteroatoms. The summed E-state index contributed by atoms with van der Waals surface area (Å²) in [6, 6.07) is 1.39. The molecule has 1 heterocycles. The third-order valence-electron chi connectivity index (χ3n) is 1.96. The van der Waals surface area contributed by atoms with E-state index in [2.05, 4.69) is 4.98 Å². The van der Waals surface area contributed by atoms with Crippen LogP contribution < -0.4 is 0 Å². The van der Waals surface area contributed by atoms with Gasteiger partial charge in [0, 0.05) is 13.1 Å². The Morgan fingerprint density at radius 2 is 2.00 bits per heavy atom. The monoisotopic (exact) mass is 236 g/mol. The highest BCUT2D eigenvalue weighted by Crippen LogP contribution is 2.29. The number of hydrogen-bond acceptors (Lipinski definition) is 4. The molecule has 1 unspecified atom stereocenters. The molecule has 88 valence electrons. The predicted molar refractivity (Wildman–Crippen MR) is 45.8 cm³/mol. The number of halogens is 3. The van der Waals surface area contributed by atoms with Crippen LogP contribution in [0, 0.1) is 10.1 Å². The Balaban J connectivity index is 3.09. The Hall–Kier alpha value is -1.70.